The molecule has 2 heterocycles. The fourth-order valence-electron chi connectivity index (χ4n) is 2.15. The molecule has 2 aromatic heterocycles. The molecule has 0 saturated carbocycles. The van der Waals surface area contributed by atoms with E-state index in [2.05, 4.69) is 24.0 Å². The maximum atomic E-state index is 12.2. The minimum Gasteiger partial charge on any atom is -0.308 e. The Bertz CT molecular complexity index is 849. The molecular weight excluding hydrogens is 316 g/mol. The van der Waals surface area contributed by atoms with Crippen LogP contribution >= 0.6 is 23.1 Å². The molecule has 116 valence electrons. The average molecular weight is 334 g/mol. The molecule has 0 amide bonds. The quantitative estimate of drug-likeness (QED) is 0.673. The molecule has 1 atom stereocenters. The van der Waals surface area contributed by atoms with E-state index in [1.165, 1.54) is 11.3 Å². The molecule has 0 aliphatic heterocycles. The first-order valence-electron chi connectivity index (χ1n) is 7.23. The summed E-state index contributed by atoms with van der Waals surface area (Å²) in [4.78, 5) is 12.2. The van der Waals surface area contributed by atoms with Gasteiger partial charge in [-0.3, -0.25) is 9.36 Å². The number of rotatable bonds is 5. The second-order valence-corrected chi connectivity index (χ2v) is 7.62. The highest BCUT2D eigenvalue weighted by Crippen LogP contribution is 2.24. The van der Waals surface area contributed by atoms with Crippen molar-refractivity contribution in [2.24, 2.45) is 7.05 Å². The van der Waals surface area contributed by atoms with E-state index >= 15 is 0 Å². The number of thiazole rings is 1. The van der Waals surface area contributed by atoms with Crippen LogP contribution in [0.1, 0.15) is 26.1 Å². The topological polar surface area (TPSA) is 52.7 Å². The zero-order valence-electron chi connectivity index (χ0n) is 12.8. The van der Waals surface area contributed by atoms with Gasteiger partial charge in [0.1, 0.15) is 0 Å². The van der Waals surface area contributed by atoms with E-state index in [4.69, 9.17) is 0 Å². The average Bonchev–Trinajstić information content (AvgIpc) is 3.02. The standard InChI is InChI=1S/C15H18N4OS2/c1-4-10(2)21-14-17-16-13(18(14)3)9-19-11-7-5-6-8-12(11)22-15(19)20/h5-8,10H,4,9H2,1-3H3. The Balaban J connectivity index is 1.93. The summed E-state index contributed by atoms with van der Waals surface area (Å²) in [7, 11) is 1.96. The van der Waals surface area contributed by atoms with Crippen LogP contribution in [-0.4, -0.2) is 24.6 Å². The van der Waals surface area contributed by atoms with E-state index in [0.717, 1.165) is 27.6 Å². The number of fused-ring (bicyclic) bond motifs is 1. The second kappa shape index (κ2) is 6.26. The van der Waals surface area contributed by atoms with Crippen LogP contribution in [0.3, 0.4) is 0 Å². The molecule has 0 saturated heterocycles. The summed E-state index contributed by atoms with van der Waals surface area (Å²) >= 11 is 2.99. The lowest BCUT2D eigenvalue weighted by molar-refractivity contribution is 0.680. The minimum absolute atomic E-state index is 0.0420. The van der Waals surface area contributed by atoms with E-state index in [1.807, 2.05) is 35.9 Å². The smallest absolute Gasteiger partial charge is 0.308 e. The summed E-state index contributed by atoms with van der Waals surface area (Å²) in [6.45, 7) is 4.79. The van der Waals surface area contributed by atoms with Crippen LogP contribution in [0, 0.1) is 0 Å². The lowest BCUT2D eigenvalue weighted by Crippen LogP contribution is -2.16. The van der Waals surface area contributed by atoms with Crippen LogP contribution in [0.4, 0.5) is 0 Å². The first-order chi connectivity index (χ1) is 10.6. The third-order valence-electron chi connectivity index (χ3n) is 3.68. The molecule has 22 heavy (non-hydrogen) atoms. The number of thioether (sulfide) groups is 1. The van der Waals surface area contributed by atoms with Crippen molar-refractivity contribution < 1.29 is 0 Å². The van der Waals surface area contributed by atoms with Crippen molar-refractivity contribution in [3.63, 3.8) is 0 Å². The van der Waals surface area contributed by atoms with Crippen molar-refractivity contribution in [3.8, 4) is 0 Å². The Morgan fingerprint density at radius 2 is 2.09 bits per heavy atom. The molecule has 0 aliphatic rings. The number of nitrogens with zero attached hydrogens (tertiary/aromatic N) is 4. The Labute approximate surface area is 137 Å². The molecule has 3 rings (SSSR count). The Hall–Kier alpha value is -1.60. The first-order valence-corrected chi connectivity index (χ1v) is 8.93. The van der Waals surface area contributed by atoms with Gasteiger partial charge in [-0.1, -0.05) is 49.1 Å². The highest BCUT2D eigenvalue weighted by atomic mass is 32.2. The number of aromatic nitrogens is 4. The number of hydrogen-bond donors (Lipinski definition) is 0. The van der Waals surface area contributed by atoms with Crippen molar-refractivity contribution in [2.45, 2.75) is 37.2 Å². The zero-order chi connectivity index (χ0) is 15.7. The summed E-state index contributed by atoms with van der Waals surface area (Å²) in [5, 5.41) is 9.92. The van der Waals surface area contributed by atoms with Gasteiger partial charge in [0.25, 0.3) is 0 Å². The van der Waals surface area contributed by atoms with Gasteiger partial charge in [0, 0.05) is 12.3 Å². The predicted octanol–water partition coefficient (Wildman–Crippen LogP) is 3.13. The summed E-state index contributed by atoms with van der Waals surface area (Å²) in [6, 6.07) is 7.84. The van der Waals surface area contributed by atoms with Crippen LogP contribution in [0.15, 0.2) is 34.2 Å². The van der Waals surface area contributed by atoms with Crippen molar-refractivity contribution in [2.75, 3.05) is 0 Å². The number of benzene rings is 1. The van der Waals surface area contributed by atoms with Crippen molar-refractivity contribution in [3.05, 3.63) is 39.8 Å². The Kier molecular flexibility index (Phi) is 4.35. The lowest BCUT2D eigenvalue weighted by atomic mass is 10.3. The van der Waals surface area contributed by atoms with Crippen LogP contribution in [0.2, 0.25) is 0 Å². The van der Waals surface area contributed by atoms with Crippen LogP contribution in [0.5, 0.6) is 0 Å². The molecule has 0 N–H and O–H groups in total. The van der Waals surface area contributed by atoms with Gasteiger partial charge < -0.3 is 4.57 Å². The zero-order valence-corrected chi connectivity index (χ0v) is 14.4. The third-order valence-corrected chi connectivity index (χ3v) is 5.94. The fourth-order valence-corrected chi connectivity index (χ4v) is 3.92. The molecular formula is C15H18N4OS2. The van der Waals surface area contributed by atoms with E-state index in [-0.39, 0.29) is 4.87 Å². The molecule has 1 unspecified atom stereocenters. The van der Waals surface area contributed by atoms with Crippen LogP contribution < -0.4 is 4.87 Å². The van der Waals surface area contributed by atoms with Gasteiger partial charge in [-0.2, -0.15) is 0 Å². The summed E-state index contributed by atoms with van der Waals surface area (Å²) in [6.07, 6.45) is 1.08. The van der Waals surface area contributed by atoms with Crippen molar-refractivity contribution in [1.82, 2.24) is 19.3 Å². The first kappa shape index (κ1) is 15.3. The highest BCUT2D eigenvalue weighted by Gasteiger charge is 2.14. The van der Waals surface area contributed by atoms with E-state index in [0.29, 0.717) is 11.8 Å². The van der Waals surface area contributed by atoms with Crippen molar-refractivity contribution >= 4 is 33.3 Å². The molecule has 0 radical (unpaired) electrons. The van der Waals surface area contributed by atoms with E-state index in [9.17, 15) is 4.79 Å². The molecule has 1 aromatic carbocycles. The van der Waals surface area contributed by atoms with Gasteiger partial charge in [-0.05, 0) is 18.6 Å². The van der Waals surface area contributed by atoms with E-state index in [1.54, 1.807) is 16.3 Å². The van der Waals surface area contributed by atoms with Gasteiger partial charge in [-0.25, -0.2) is 0 Å². The lowest BCUT2D eigenvalue weighted by Gasteiger charge is -2.08. The number of para-hydroxylation sites is 1. The SMILES string of the molecule is CCC(C)Sc1nnc(Cn2c(=O)sc3ccccc32)n1C. The second-order valence-electron chi connectivity index (χ2n) is 5.22. The molecule has 0 spiro atoms. The molecule has 7 heteroatoms. The maximum Gasteiger partial charge on any atom is 0.308 e. The van der Waals surface area contributed by atoms with Gasteiger partial charge in [0.2, 0.25) is 0 Å². The number of hydrogen-bond acceptors (Lipinski definition) is 5. The Morgan fingerprint density at radius 3 is 2.86 bits per heavy atom. The molecule has 3 aromatic rings. The summed E-state index contributed by atoms with van der Waals surface area (Å²) in [5.41, 5.74) is 0.955. The Morgan fingerprint density at radius 1 is 1.32 bits per heavy atom. The van der Waals surface area contributed by atoms with Crippen LogP contribution in [0.25, 0.3) is 10.2 Å². The predicted molar refractivity (Wildman–Crippen MR) is 91.8 cm³/mol. The molecule has 5 nitrogen and oxygen atoms in total. The molecule has 0 bridgehead atoms. The molecule has 0 aliphatic carbocycles. The summed E-state index contributed by atoms with van der Waals surface area (Å²) in [5.74, 6) is 0.802. The maximum absolute atomic E-state index is 12.2. The minimum atomic E-state index is 0.0420. The largest absolute Gasteiger partial charge is 0.308 e. The van der Waals surface area contributed by atoms with E-state index < -0.39 is 0 Å². The van der Waals surface area contributed by atoms with Gasteiger partial charge >= 0.3 is 4.87 Å². The van der Waals surface area contributed by atoms with Gasteiger partial charge in [-0.15, -0.1) is 10.2 Å². The highest BCUT2D eigenvalue weighted by molar-refractivity contribution is 7.99. The molecule has 0 fully saturated rings. The monoisotopic (exact) mass is 334 g/mol. The fraction of sp³-hybridized carbons (Fsp3) is 0.400. The van der Waals surface area contributed by atoms with Gasteiger partial charge in [0.05, 0.1) is 16.8 Å². The van der Waals surface area contributed by atoms with Gasteiger partial charge in [0.15, 0.2) is 11.0 Å². The normalized spacial score (nSPS) is 12.9. The third kappa shape index (κ3) is 2.83. The summed E-state index contributed by atoms with van der Waals surface area (Å²) < 4.78 is 4.75. The van der Waals surface area contributed by atoms with Crippen LogP contribution in [-0.2, 0) is 13.6 Å². The van der Waals surface area contributed by atoms with Crippen molar-refractivity contribution in [1.29, 1.82) is 0 Å².